The summed E-state index contributed by atoms with van der Waals surface area (Å²) in [5.74, 6) is 2.01. The second kappa shape index (κ2) is 4.18. The molecule has 3 unspecified atom stereocenters. The molecule has 0 amide bonds. The number of imidazole rings is 1. The average molecular weight is 220 g/mol. The Kier molecular flexibility index (Phi) is 2.69. The predicted octanol–water partition coefficient (Wildman–Crippen LogP) is 0.604. The summed E-state index contributed by atoms with van der Waals surface area (Å²) in [6.45, 7) is 4.79. The Hall–Kier alpha value is -0.870. The Balaban J connectivity index is 1.57. The first-order valence-corrected chi connectivity index (χ1v) is 6.25. The van der Waals surface area contributed by atoms with Gasteiger partial charge in [0.25, 0.3) is 0 Å². The number of nitrogens with one attached hydrogen (secondary N) is 1. The van der Waals surface area contributed by atoms with E-state index < -0.39 is 0 Å². The molecule has 2 aliphatic heterocycles. The number of aromatic nitrogens is 2. The van der Waals surface area contributed by atoms with Crippen LogP contribution in [0.3, 0.4) is 0 Å². The number of nitrogens with zero attached hydrogens (tertiary/aromatic N) is 3. The van der Waals surface area contributed by atoms with Crippen molar-refractivity contribution < 1.29 is 0 Å². The molecule has 16 heavy (non-hydrogen) atoms. The van der Waals surface area contributed by atoms with Crippen molar-refractivity contribution >= 4 is 0 Å². The lowest BCUT2D eigenvalue weighted by Crippen LogP contribution is -2.43. The standard InChI is InChI=1S/C12H20N4/c1-15-7-4-13-12(15)8-14-11-3-6-16-5-2-10(11)9-16/h4,7,10-11,14H,2-3,5-6,8-9H2,1H3. The predicted molar refractivity (Wildman–Crippen MR) is 63.0 cm³/mol. The molecular weight excluding hydrogens is 200 g/mol. The van der Waals surface area contributed by atoms with E-state index in [1.807, 2.05) is 12.4 Å². The minimum atomic E-state index is 0.704. The van der Waals surface area contributed by atoms with Crippen LogP contribution >= 0.6 is 0 Å². The van der Waals surface area contributed by atoms with Gasteiger partial charge in [-0.2, -0.15) is 0 Å². The van der Waals surface area contributed by atoms with Gasteiger partial charge >= 0.3 is 0 Å². The third kappa shape index (κ3) is 1.87. The maximum absolute atomic E-state index is 4.35. The van der Waals surface area contributed by atoms with Gasteiger partial charge in [-0.25, -0.2) is 4.98 Å². The van der Waals surface area contributed by atoms with E-state index in [0.717, 1.165) is 18.3 Å². The largest absolute Gasteiger partial charge is 0.337 e. The highest BCUT2D eigenvalue weighted by Gasteiger charge is 2.33. The lowest BCUT2D eigenvalue weighted by Gasteiger charge is -2.31. The fraction of sp³-hybridized carbons (Fsp3) is 0.750. The van der Waals surface area contributed by atoms with Crippen LogP contribution in [-0.4, -0.2) is 40.1 Å². The van der Waals surface area contributed by atoms with Crippen LogP contribution in [0.25, 0.3) is 0 Å². The van der Waals surface area contributed by atoms with Gasteiger partial charge in [0.2, 0.25) is 0 Å². The van der Waals surface area contributed by atoms with Crippen molar-refractivity contribution in [3.8, 4) is 0 Å². The lowest BCUT2D eigenvalue weighted by atomic mass is 9.94. The summed E-state index contributed by atoms with van der Waals surface area (Å²) in [5, 5.41) is 3.68. The molecule has 3 rings (SSSR count). The maximum Gasteiger partial charge on any atom is 0.122 e. The van der Waals surface area contributed by atoms with Gasteiger partial charge in [0, 0.05) is 32.0 Å². The summed E-state index contributed by atoms with van der Waals surface area (Å²) in [6.07, 6.45) is 6.55. The van der Waals surface area contributed by atoms with Crippen LogP contribution in [0.2, 0.25) is 0 Å². The van der Waals surface area contributed by atoms with Gasteiger partial charge in [0.1, 0.15) is 5.82 Å². The van der Waals surface area contributed by atoms with Crippen molar-refractivity contribution in [2.45, 2.75) is 25.4 Å². The van der Waals surface area contributed by atoms with Gasteiger partial charge in [-0.15, -0.1) is 0 Å². The second-order valence-corrected chi connectivity index (χ2v) is 5.08. The molecule has 2 aliphatic rings. The monoisotopic (exact) mass is 220 g/mol. The number of hydrogen-bond acceptors (Lipinski definition) is 3. The normalized spacial score (nSPS) is 33.2. The number of aryl methyl sites for hydroxylation is 1. The van der Waals surface area contributed by atoms with Crippen LogP contribution in [0.5, 0.6) is 0 Å². The fourth-order valence-electron chi connectivity index (χ4n) is 3.01. The van der Waals surface area contributed by atoms with Gasteiger partial charge in [-0.1, -0.05) is 0 Å². The molecule has 2 bridgehead atoms. The molecular formula is C12H20N4. The molecule has 4 nitrogen and oxygen atoms in total. The molecule has 88 valence electrons. The van der Waals surface area contributed by atoms with E-state index in [1.54, 1.807) is 0 Å². The average Bonchev–Trinajstić information content (AvgIpc) is 2.86. The Morgan fingerprint density at radius 3 is 3.12 bits per heavy atom. The van der Waals surface area contributed by atoms with E-state index in [-0.39, 0.29) is 0 Å². The van der Waals surface area contributed by atoms with E-state index in [1.165, 1.54) is 32.5 Å². The quantitative estimate of drug-likeness (QED) is 0.810. The van der Waals surface area contributed by atoms with Crippen molar-refractivity contribution in [1.82, 2.24) is 19.8 Å². The van der Waals surface area contributed by atoms with Crippen LogP contribution in [0.4, 0.5) is 0 Å². The number of hydrogen-bond donors (Lipinski definition) is 1. The minimum Gasteiger partial charge on any atom is -0.337 e. The first-order valence-electron chi connectivity index (χ1n) is 6.25. The molecule has 0 saturated carbocycles. The van der Waals surface area contributed by atoms with E-state index >= 15 is 0 Å². The molecule has 4 heteroatoms. The molecule has 1 aromatic heterocycles. The van der Waals surface area contributed by atoms with E-state index in [2.05, 4.69) is 26.8 Å². The van der Waals surface area contributed by atoms with Gasteiger partial charge in [-0.05, 0) is 31.8 Å². The zero-order valence-electron chi connectivity index (χ0n) is 9.89. The topological polar surface area (TPSA) is 33.1 Å². The maximum atomic E-state index is 4.35. The van der Waals surface area contributed by atoms with Gasteiger partial charge in [0.05, 0.1) is 6.54 Å². The number of piperidine rings is 1. The van der Waals surface area contributed by atoms with Crippen LogP contribution in [0.1, 0.15) is 18.7 Å². The summed E-state index contributed by atoms with van der Waals surface area (Å²) in [4.78, 5) is 6.94. The first-order chi connectivity index (χ1) is 7.83. The Morgan fingerprint density at radius 2 is 2.31 bits per heavy atom. The fourth-order valence-corrected chi connectivity index (χ4v) is 3.01. The van der Waals surface area contributed by atoms with Crippen molar-refractivity contribution in [2.24, 2.45) is 13.0 Å². The van der Waals surface area contributed by atoms with Crippen LogP contribution in [0, 0.1) is 5.92 Å². The molecule has 2 fully saturated rings. The van der Waals surface area contributed by atoms with Gasteiger partial charge < -0.3 is 14.8 Å². The van der Waals surface area contributed by atoms with E-state index in [9.17, 15) is 0 Å². The van der Waals surface area contributed by atoms with Crippen LogP contribution in [-0.2, 0) is 13.6 Å². The Morgan fingerprint density at radius 1 is 1.44 bits per heavy atom. The van der Waals surface area contributed by atoms with Crippen molar-refractivity contribution in [3.05, 3.63) is 18.2 Å². The molecule has 2 saturated heterocycles. The molecule has 3 heterocycles. The van der Waals surface area contributed by atoms with Crippen LogP contribution < -0.4 is 5.32 Å². The summed E-state index contributed by atoms with van der Waals surface area (Å²) < 4.78 is 2.09. The molecule has 3 atom stereocenters. The summed E-state index contributed by atoms with van der Waals surface area (Å²) in [5.41, 5.74) is 0. The van der Waals surface area contributed by atoms with Crippen molar-refractivity contribution in [3.63, 3.8) is 0 Å². The highest BCUT2D eigenvalue weighted by molar-refractivity contribution is 4.94. The Labute approximate surface area is 96.7 Å². The number of rotatable bonds is 3. The second-order valence-electron chi connectivity index (χ2n) is 5.08. The molecule has 1 N–H and O–H groups in total. The summed E-state index contributed by atoms with van der Waals surface area (Å²) in [6, 6.07) is 0.704. The highest BCUT2D eigenvalue weighted by Crippen LogP contribution is 2.27. The lowest BCUT2D eigenvalue weighted by molar-refractivity contribution is 0.219. The van der Waals surface area contributed by atoms with Crippen molar-refractivity contribution in [2.75, 3.05) is 19.6 Å². The summed E-state index contributed by atoms with van der Waals surface area (Å²) in [7, 11) is 2.06. The molecule has 0 radical (unpaired) electrons. The van der Waals surface area contributed by atoms with Crippen molar-refractivity contribution in [1.29, 1.82) is 0 Å². The van der Waals surface area contributed by atoms with E-state index in [4.69, 9.17) is 0 Å². The smallest absolute Gasteiger partial charge is 0.122 e. The van der Waals surface area contributed by atoms with Gasteiger partial charge in [0.15, 0.2) is 0 Å². The molecule has 1 aromatic rings. The van der Waals surface area contributed by atoms with Crippen LogP contribution in [0.15, 0.2) is 12.4 Å². The highest BCUT2D eigenvalue weighted by atomic mass is 15.2. The molecule has 0 aromatic carbocycles. The van der Waals surface area contributed by atoms with Gasteiger partial charge in [-0.3, -0.25) is 0 Å². The third-order valence-corrected chi connectivity index (χ3v) is 4.08. The zero-order chi connectivity index (χ0) is 11.0. The Bertz CT molecular complexity index is 360. The SMILES string of the molecule is Cn1ccnc1CNC1CCN2CCC1C2. The number of fused-ring (bicyclic) bond motifs is 2. The zero-order valence-corrected chi connectivity index (χ0v) is 9.89. The first kappa shape index (κ1) is 10.3. The summed E-state index contributed by atoms with van der Waals surface area (Å²) >= 11 is 0. The molecule has 0 spiro atoms. The minimum absolute atomic E-state index is 0.704. The molecule has 0 aliphatic carbocycles. The van der Waals surface area contributed by atoms with E-state index in [0.29, 0.717) is 6.04 Å². The third-order valence-electron chi connectivity index (χ3n) is 4.08.